The number of rotatable bonds is 8. The molecule has 0 saturated carbocycles. The Hall–Kier alpha value is 0.0700. The van der Waals surface area contributed by atoms with Crippen LogP contribution in [-0.2, 0) is 13.6 Å². The Kier molecular flexibility index (Phi) is 7.51. The zero-order valence-corrected chi connectivity index (χ0v) is 8.83. The summed E-state index contributed by atoms with van der Waals surface area (Å²) >= 11 is 0. The van der Waals surface area contributed by atoms with Gasteiger partial charge in [0.1, 0.15) is 0 Å². The fourth-order valence-electron chi connectivity index (χ4n) is 0.737. The third-order valence-electron chi connectivity index (χ3n) is 1.37. The van der Waals surface area contributed by atoms with E-state index < -0.39 is 7.82 Å². The summed E-state index contributed by atoms with van der Waals surface area (Å²) in [5, 5.41) is 0. The van der Waals surface area contributed by atoms with Crippen LogP contribution < -0.4 is 5.73 Å². The first-order chi connectivity index (χ1) is 6.12. The third kappa shape index (κ3) is 8.40. The summed E-state index contributed by atoms with van der Waals surface area (Å²) in [6.45, 7) is 2.56. The van der Waals surface area contributed by atoms with E-state index in [-0.39, 0.29) is 19.8 Å². The van der Waals surface area contributed by atoms with Gasteiger partial charge in [0.2, 0.25) is 0 Å². The summed E-state index contributed by atoms with van der Waals surface area (Å²) in [6, 6.07) is 0. The van der Waals surface area contributed by atoms with Gasteiger partial charge in [0.25, 0.3) is 0 Å². The molecule has 0 heterocycles. The third-order valence-corrected chi connectivity index (χ3v) is 2.39. The Morgan fingerprint density at radius 2 is 1.92 bits per heavy atom. The highest BCUT2D eigenvalue weighted by molar-refractivity contribution is 7.47. The molecular weight excluding hydrogens is 193 g/mol. The van der Waals surface area contributed by atoms with Crippen LogP contribution in [0.1, 0.15) is 26.2 Å². The van der Waals surface area contributed by atoms with Crippen molar-refractivity contribution in [3.8, 4) is 0 Å². The van der Waals surface area contributed by atoms with Crippen molar-refractivity contribution < 1.29 is 18.5 Å². The smallest absolute Gasteiger partial charge is 0.328 e. The van der Waals surface area contributed by atoms with Crippen LogP contribution >= 0.6 is 7.82 Å². The molecule has 0 aliphatic heterocycles. The maximum absolute atomic E-state index is 11.0. The second kappa shape index (κ2) is 7.47. The summed E-state index contributed by atoms with van der Waals surface area (Å²) in [4.78, 5) is 9.00. The number of hydrogen-bond donors (Lipinski definition) is 2. The van der Waals surface area contributed by atoms with Crippen LogP contribution in [0, 0.1) is 0 Å². The lowest BCUT2D eigenvalue weighted by Gasteiger charge is -2.10. The summed E-state index contributed by atoms with van der Waals surface area (Å²) in [5.41, 5.74) is 5.10. The molecular formula is C7H18NO4P. The first kappa shape index (κ1) is 13.1. The molecule has 0 rings (SSSR count). The van der Waals surface area contributed by atoms with Crippen molar-refractivity contribution in [1.82, 2.24) is 0 Å². The molecule has 0 saturated heterocycles. The average Bonchev–Trinajstić information content (AvgIpc) is 2.09. The molecule has 5 nitrogen and oxygen atoms in total. The molecule has 0 aromatic rings. The normalized spacial score (nSPS) is 15.6. The van der Waals surface area contributed by atoms with Gasteiger partial charge in [-0.15, -0.1) is 0 Å². The van der Waals surface area contributed by atoms with Crippen molar-refractivity contribution in [2.75, 3.05) is 19.8 Å². The van der Waals surface area contributed by atoms with Gasteiger partial charge < -0.3 is 10.6 Å². The Bertz CT molecular complexity index is 165. The number of nitrogens with two attached hydrogens (primary N) is 1. The lowest BCUT2D eigenvalue weighted by Crippen LogP contribution is -2.08. The molecule has 0 bridgehead atoms. The molecule has 0 aliphatic rings. The largest absolute Gasteiger partial charge is 0.472 e. The van der Waals surface area contributed by atoms with Gasteiger partial charge in [0.05, 0.1) is 13.2 Å². The first-order valence-electron chi connectivity index (χ1n) is 4.44. The van der Waals surface area contributed by atoms with Gasteiger partial charge in [0, 0.05) is 6.54 Å². The van der Waals surface area contributed by atoms with Gasteiger partial charge in [0.15, 0.2) is 0 Å². The molecule has 0 aliphatic carbocycles. The highest BCUT2D eigenvalue weighted by Crippen LogP contribution is 2.42. The molecule has 1 atom stereocenters. The van der Waals surface area contributed by atoms with Crippen LogP contribution in [-0.4, -0.2) is 24.7 Å². The van der Waals surface area contributed by atoms with E-state index in [1.807, 2.05) is 6.92 Å². The van der Waals surface area contributed by atoms with Gasteiger partial charge >= 0.3 is 7.82 Å². The zero-order valence-electron chi connectivity index (χ0n) is 7.94. The van der Waals surface area contributed by atoms with Crippen molar-refractivity contribution in [3.63, 3.8) is 0 Å². The molecule has 0 aromatic carbocycles. The van der Waals surface area contributed by atoms with Crippen molar-refractivity contribution >= 4 is 7.82 Å². The topological polar surface area (TPSA) is 81.8 Å². The number of unbranched alkanes of at least 4 members (excludes halogenated alkanes) is 2. The van der Waals surface area contributed by atoms with Crippen molar-refractivity contribution in [3.05, 3.63) is 0 Å². The second-order valence-corrected chi connectivity index (χ2v) is 4.08. The number of phosphoric ester groups is 1. The maximum Gasteiger partial charge on any atom is 0.472 e. The molecule has 1 unspecified atom stereocenters. The number of phosphoric acid groups is 1. The van der Waals surface area contributed by atoms with Crippen LogP contribution in [0.2, 0.25) is 0 Å². The van der Waals surface area contributed by atoms with Crippen molar-refractivity contribution in [2.45, 2.75) is 26.2 Å². The standard InChI is InChI=1S/C7H18NO4P/c1-2-3-4-6-11-13(9,10)12-7-5-8/h2-8H2,1H3,(H,9,10). The van der Waals surface area contributed by atoms with Crippen molar-refractivity contribution in [1.29, 1.82) is 0 Å². The minimum Gasteiger partial charge on any atom is -0.328 e. The Morgan fingerprint density at radius 3 is 2.46 bits per heavy atom. The fourth-order valence-corrected chi connectivity index (χ4v) is 1.51. The minimum absolute atomic E-state index is 0.0432. The summed E-state index contributed by atoms with van der Waals surface area (Å²) in [6.07, 6.45) is 2.80. The van der Waals surface area contributed by atoms with Crippen LogP contribution in [0.25, 0.3) is 0 Å². The lowest BCUT2D eigenvalue weighted by molar-refractivity contribution is 0.150. The van der Waals surface area contributed by atoms with E-state index in [0.717, 1.165) is 19.3 Å². The van der Waals surface area contributed by atoms with Crippen LogP contribution in [0.3, 0.4) is 0 Å². The fraction of sp³-hybridized carbons (Fsp3) is 1.00. The van der Waals surface area contributed by atoms with E-state index in [1.165, 1.54) is 0 Å². The molecule has 0 fully saturated rings. The molecule has 13 heavy (non-hydrogen) atoms. The summed E-state index contributed by atoms with van der Waals surface area (Å²) in [7, 11) is -3.83. The average molecular weight is 211 g/mol. The van der Waals surface area contributed by atoms with Gasteiger partial charge in [-0.1, -0.05) is 19.8 Å². The van der Waals surface area contributed by atoms with Crippen LogP contribution in [0.15, 0.2) is 0 Å². The van der Waals surface area contributed by atoms with Crippen LogP contribution in [0.4, 0.5) is 0 Å². The Balaban J connectivity index is 3.45. The second-order valence-electron chi connectivity index (χ2n) is 2.63. The molecule has 3 N–H and O–H groups in total. The number of hydrogen-bond acceptors (Lipinski definition) is 4. The van der Waals surface area contributed by atoms with Gasteiger partial charge in [-0.3, -0.25) is 9.05 Å². The lowest BCUT2D eigenvalue weighted by atomic mass is 10.3. The predicted molar refractivity (Wildman–Crippen MR) is 50.3 cm³/mol. The molecule has 0 aromatic heterocycles. The van der Waals surface area contributed by atoms with Gasteiger partial charge in [-0.05, 0) is 6.42 Å². The van der Waals surface area contributed by atoms with E-state index in [2.05, 4.69) is 9.05 Å². The molecule has 6 heteroatoms. The molecule has 80 valence electrons. The first-order valence-corrected chi connectivity index (χ1v) is 5.94. The van der Waals surface area contributed by atoms with Gasteiger partial charge in [-0.25, -0.2) is 4.57 Å². The van der Waals surface area contributed by atoms with E-state index in [9.17, 15) is 4.57 Å². The van der Waals surface area contributed by atoms with Gasteiger partial charge in [-0.2, -0.15) is 0 Å². The van der Waals surface area contributed by atoms with Crippen LogP contribution in [0.5, 0.6) is 0 Å². The Labute approximate surface area is 78.8 Å². The van der Waals surface area contributed by atoms with Crippen molar-refractivity contribution in [2.24, 2.45) is 5.73 Å². The maximum atomic E-state index is 11.0. The van der Waals surface area contributed by atoms with E-state index in [4.69, 9.17) is 10.6 Å². The van der Waals surface area contributed by atoms with E-state index in [1.54, 1.807) is 0 Å². The SMILES string of the molecule is CCCCCOP(=O)(O)OCCN. The predicted octanol–water partition coefficient (Wildman–Crippen LogP) is 1.27. The highest BCUT2D eigenvalue weighted by Gasteiger charge is 2.19. The summed E-state index contributed by atoms with van der Waals surface area (Å²) < 4.78 is 20.2. The minimum atomic E-state index is -3.83. The molecule has 0 spiro atoms. The molecule has 0 amide bonds. The van der Waals surface area contributed by atoms with E-state index >= 15 is 0 Å². The quantitative estimate of drug-likeness (QED) is 0.466. The van der Waals surface area contributed by atoms with E-state index in [0.29, 0.717) is 0 Å². The summed E-state index contributed by atoms with van der Waals surface area (Å²) in [5.74, 6) is 0. The highest BCUT2D eigenvalue weighted by atomic mass is 31.2. The monoisotopic (exact) mass is 211 g/mol. The molecule has 0 radical (unpaired) electrons. The Morgan fingerprint density at radius 1 is 1.31 bits per heavy atom. The zero-order chi connectivity index (χ0) is 10.2.